The molecule has 3 rings (SSSR count). The van der Waals surface area contributed by atoms with Gasteiger partial charge in [0.1, 0.15) is 12.3 Å². The van der Waals surface area contributed by atoms with Gasteiger partial charge in [-0.25, -0.2) is 8.42 Å². The highest BCUT2D eigenvalue weighted by molar-refractivity contribution is 7.93. The summed E-state index contributed by atoms with van der Waals surface area (Å²) in [6.07, 6.45) is 0. The van der Waals surface area contributed by atoms with Crippen LogP contribution < -0.4 is 14.4 Å². The van der Waals surface area contributed by atoms with Crippen molar-refractivity contribution >= 4 is 33.0 Å². The molecular weight excluding hydrogens is 434 g/mol. The van der Waals surface area contributed by atoms with Gasteiger partial charge in [-0.3, -0.25) is 19.2 Å². The monoisotopic (exact) mass is 455 g/mol. The van der Waals surface area contributed by atoms with Crippen molar-refractivity contribution in [3.63, 3.8) is 0 Å². The van der Waals surface area contributed by atoms with E-state index >= 15 is 0 Å². The average Bonchev–Trinajstić information content (AvgIpc) is 2.79. The minimum Gasteiger partial charge on any atom is -0.494 e. The van der Waals surface area contributed by atoms with Crippen LogP contribution in [-0.4, -0.2) is 32.4 Å². The molecule has 9 nitrogen and oxygen atoms in total. The van der Waals surface area contributed by atoms with Crippen LogP contribution in [0.4, 0.5) is 17.1 Å². The summed E-state index contributed by atoms with van der Waals surface area (Å²) in [5.74, 6) is 0.0237. The Morgan fingerprint density at radius 3 is 2.25 bits per heavy atom. The number of nitro benzene ring substituents is 1. The maximum atomic E-state index is 13.4. The van der Waals surface area contributed by atoms with E-state index in [9.17, 15) is 23.3 Å². The van der Waals surface area contributed by atoms with E-state index in [0.29, 0.717) is 18.0 Å². The molecule has 0 aliphatic rings. The third kappa shape index (κ3) is 5.22. The van der Waals surface area contributed by atoms with Crippen molar-refractivity contribution in [2.75, 3.05) is 22.8 Å². The van der Waals surface area contributed by atoms with Gasteiger partial charge in [0.15, 0.2) is 4.90 Å². The molecule has 3 aromatic rings. The summed E-state index contributed by atoms with van der Waals surface area (Å²) in [4.78, 5) is 22.9. The van der Waals surface area contributed by atoms with Crippen molar-refractivity contribution < 1.29 is 22.9 Å². The molecule has 0 aliphatic heterocycles. The molecule has 32 heavy (non-hydrogen) atoms. The third-order valence-electron chi connectivity index (χ3n) is 4.41. The second-order valence-electron chi connectivity index (χ2n) is 6.58. The smallest absolute Gasteiger partial charge is 0.289 e. The molecule has 0 saturated carbocycles. The van der Waals surface area contributed by atoms with Gasteiger partial charge in [0.05, 0.1) is 17.2 Å². The summed E-state index contributed by atoms with van der Waals surface area (Å²) in [5.41, 5.74) is 0.0856. The van der Waals surface area contributed by atoms with Crippen LogP contribution in [0.5, 0.6) is 5.75 Å². The first kappa shape index (κ1) is 22.8. The fourth-order valence-corrected chi connectivity index (χ4v) is 4.57. The van der Waals surface area contributed by atoms with E-state index in [1.54, 1.807) is 42.5 Å². The van der Waals surface area contributed by atoms with E-state index in [0.717, 1.165) is 16.4 Å². The number of rotatable bonds is 9. The van der Waals surface area contributed by atoms with Gasteiger partial charge in [0, 0.05) is 11.8 Å². The number of sulfonamides is 1. The van der Waals surface area contributed by atoms with Crippen LogP contribution in [-0.2, 0) is 14.8 Å². The number of para-hydroxylation sites is 2. The van der Waals surface area contributed by atoms with Crippen LogP contribution in [0, 0.1) is 10.1 Å². The van der Waals surface area contributed by atoms with Crippen LogP contribution in [0.2, 0.25) is 0 Å². The number of anilines is 2. The summed E-state index contributed by atoms with van der Waals surface area (Å²) in [6, 6.07) is 19.6. The number of ether oxygens (including phenoxy) is 1. The number of hydrogen-bond acceptors (Lipinski definition) is 6. The highest BCUT2D eigenvalue weighted by Crippen LogP contribution is 2.29. The van der Waals surface area contributed by atoms with E-state index in [1.165, 1.54) is 24.3 Å². The Kier molecular flexibility index (Phi) is 7.06. The SMILES string of the molecule is CCOc1ccc(NC(=O)CN(c2ccccc2)S(=O)(=O)c2ccccc2[N+](=O)[O-])cc1. The number of carbonyl (C=O) groups excluding carboxylic acids is 1. The topological polar surface area (TPSA) is 119 Å². The Morgan fingerprint density at radius 2 is 1.62 bits per heavy atom. The summed E-state index contributed by atoms with van der Waals surface area (Å²) in [7, 11) is -4.42. The predicted molar refractivity (Wildman–Crippen MR) is 120 cm³/mol. The van der Waals surface area contributed by atoms with Gasteiger partial charge in [-0.2, -0.15) is 0 Å². The van der Waals surface area contributed by atoms with E-state index in [-0.39, 0.29) is 5.69 Å². The van der Waals surface area contributed by atoms with E-state index < -0.39 is 38.0 Å². The van der Waals surface area contributed by atoms with Crippen molar-refractivity contribution in [2.24, 2.45) is 0 Å². The van der Waals surface area contributed by atoms with Crippen molar-refractivity contribution in [1.29, 1.82) is 0 Å². The van der Waals surface area contributed by atoms with Gasteiger partial charge in [0.2, 0.25) is 5.91 Å². The second kappa shape index (κ2) is 9.92. The quantitative estimate of drug-likeness (QED) is 0.387. The molecule has 0 bridgehead atoms. The molecule has 1 N–H and O–H groups in total. The summed E-state index contributed by atoms with van der Waals surface area (Å²) >= 11 is 0. The Balaban J connectivity index is 1.92. The molecule has 0 fully saturated rings. The molecule has 0 aliphatic carbocycles. The Morgan fingerprint density at radius 1 is 1.00 bits per heavy atom. The molecule has 0 saturated heterocycles. The van der Waals surface area contributed by atoms with Crippen LogP contribution in [0.15, 0.2) is 83.8 Å². The third-order valence-corrected chi connectivity index (χ3v) is 6.23. The molecule has 0 spiro atoms. The van der Waals surface area contributed by atoms with Crippen molar-refractivity contribution in [1.82, 2.24) is 0 Å². The Labute approximate surface area is 185 Å². The number of nitrogens with one attached hydrogen (secondary N) is 1. The van der Waals surface area contributed by atoms with Gasteiger partial charge in [0.25, 0.3) is 15.7 Å². The normalized spacial score (nSPS) is 10.9. The first-order valence-corrected chi connectivity index (χ1v) is 11.1. The average molecular weight is 455 g/mol. The van der Waals surface area contributed by atoms with Gasteiger partial charge in [-0.1, -0.05) is 30.3 Å². The number of nitrogens with zero attached hydrogens (tertiary/aromatic N) is 2. The maximum Gasteiger partial charge on any atom is 0.289 e. The summed E-state index contributed by atoms with van der Waals surface area (Å²) in [5, 5.41) is 14.0. The second-order valence-corrected chi connectivity index (χ2v) is 8.41. The van der Waals surface area contributed by atoms with Crippen LogP contribution >= 0.6 is 0 Å². The predicted octanol–water partition coefficient (Wildman–Crippen LogP) is 3.83. The van der Waals surface area contributed by atoms with Crippen LogP contribution in [0.1, 0.15) is 6.92 Å². The van der Waals surface area contributed by atoms with Crippen LogP contribution in [0.25, 0.3) is 0 Å². The maximum absolute atomic E-state index is 13.4. The molecule has 0 unspecified atom stereocenters. The minimum atomic E-state index is -4.42. The summed E-state index contributed by atoms with van der Waals surface area (Å²) < 4.78 is 33.0. The van der Waals surface area contributed by atoms with E-state index in [1.807, 2.05) is 6.92 Å². The molecule has 1 amide bonds. The van der Waals surface area contributed by atoms with Crippen molar-refractivity contribution in [3.8, 4) is 5.75 Å². The standard InChI is InChI=1S/C22H21N3O6S/c1-2-31-19-14-12-17(13-15-19)23-22(26)16-24(18-8-4-3-5-9-18)32(29,30)21-11-7-6-10-20(21)25(27)28/h3-15H,2,16H2,1H3,(H,23,26). The lowest BCUT2D eigenvalue weighted by molar-refractivity contribution is -0.387. The lowest BCUT2D eigenvalue weighted by Gasteiger charge is -2.24. The van der Waals surface area contributed by atoms with Crippen molar-refractivity contribution in [2.45, 2.75) is 11.8 Å². The highest BCUT2D eigenvalue weighted by atomic mass is 32.2. The molecular formula is C22H21N3O6S. The first-order valence-electron chi connectivity index (χ1n) is 9.67. The number of carbonyl (C=O) groups is 1. The van der Waals surface area contributed by atoms with E-state index in [4.69, 9.17) is 4.74 Å². The molecule has 0 atom stereocenters. The minimum absolute atomic E-state index is 0.201. The number of nitro groups is 1. The highest BCUT2D eigenvalue weighted by Gasteiger charge is 2.33. The zero-order valence-corrected chi connectivity index (χ0v) is 18.0. The Hall–Kier alpha value is -3.92. The molecule has 0 radical (unpaired) electrons. The lowest BCUT2D eigenvalue weighted by atomic mass is 10.3. The van der Waals surface area contributed by atoms with E-state index in [2.05, 4.69) is 5.32 Å². The molecule has 0 aromatic heterocycles. The number of amides is 1. The number of benzene rings is 3. The Bertz CT molecular complexity index is 1200. The molecule has 10 heteroatoms. The number of hydrogen-bond donors (Lipinski definition) is 1. The van der Waals surface area contributed by atoms with Gasteiger partial charge >= 0.3 is 0 Å². The van der Waals surface area contributed by atoms with Gasteiger partial charge in [-0.05, 0) is 49.4 Å². The largest absolute Gasteiger partial charge is 0.494 e. The zero-order chi connectivity index (χ0) is 23.1. The first-order chi connectivity index (χ1) is 15.3. The molecule has 0 heterocycles. The summed E-state index contributed by atoms with van der Waals surface area (Å²) in [6.45, 7) is 1.78. The van der Waals surface area contributed by atoms with Gasteiger partial charge in [-0.15, -0.1) is 0 Å². The van der Waals surface area contributed by atoms with Gasteiger partial charge < -0.3 is 10.1 Å². The molecule has 166 valence electrons. The molecule has 3 aromatic carbocycles. The fraction of sp³-hybridized carbons (Fsp3) is 0.136. The van der Waals surface area contributed by atoms with Crippen LogP contribution in [0.3, 0.4) is 0 Å². The zero-order valence-electron chi connectivity index (χ0n) is 17.2. The van der Waals surface area contributed by atoms with Crippen molar-refractivity contribution in [3.05, 3.63) is 89.0 Å². The fourth-order valence-electron chi connectivity index (χ4n) is 2.99. The lowest BCUT2D eigenvalue weighted by Crippen LogP contribution is -2.38.